The van der Waals surface area contributed by atoms with Crippen LogP contribution < -0.4 is 5.32 Å². The third kappa shape index (κ3) is 4.49. The highest BCUT2D eigenvalue weighted by Crippen LogP contribution is 2.20. The molecule has 1 N–H and O–H groups in total. The van der Waals surface area contributed by atoms with Crippen LogP contribution in [0.4, 0.5) is 5.82 Å². The van der Waals surface area contributed by atoms with Crippen LogP contribution in [0.1, 0.15) is 32.9 Å². The second kappa shape index (κ2) is 6.83. The minimum atomic E-state index is -0.164. The monoisotopic (exact) mass is 300 g/mol. The number of nitrogens with zero attached hydrogens (tertiary/aromatic N) is 3. The van der Waals surface area contributed by atoms with Gasteiger partial charge in [0.2, 0.25) is 0 Å². The number of pyridine rings is 1. The fraction of sp³-hybridized carbons (Fsp3) is 0.471. The molecule has 0 saturated heterocycles. The van der Waals surface area contributed by atoms with Crippen LogP contribution in [0.5, 0.6) is 0 Å². The molecule has 0 radical (unpaired) electrons. The average molecular weight is 300 g/mol. The summed E-state index contributed by atoms with van der Waals surface area (Å²) in [5, 5.41) is 3.44. The first-order valence-electron chi connectivity index (χ1n) is 7.47. The standard InChI is InChI=1S/C17H24N4O/c1-12-10-15(19-13(2)11-17(3,4)22-5)21-16(20-12)14-6-8-18-9-7-14/h6-10,13H,11H2,1-5H3,(H,19,20,21). The highest BCUT2D eigenvalue weighted by molar-refractivity contribution is 5.56. The molecule has 2 aromatic heterocycles. The SMILES string of the molecule is COC(C)(C)CC(C)Nc1cc(C)nc(-c2ccncc2)n1. The molecule has 2 rings (SSSR count). The lowest BCUT2D eigenvalue weighted by atomic mass is 10.00. The van der Waals surface area contributed by atoms with E-state index in [1.807, 2.05) is 25.1 Å². The number of ether oxygens (including phenoxy) is 1. The largest absolute Gasteiger partial charge is 0.379 e. The third-order valence-electron chi connectivity index (χ3n) is 3.54. The molecule has 2 aromatic rings. The smallest absolute Gasteiger partial charge is 0.161 e. The summed E-state index contributed by atoms with van der Waals surface area (Å²) in [6.45, 7) is 8.27. The summed E-state index contributed by atoms with van der Waals surface area (Å²) >= 11 is 0. The van der Waals surface area contributed by atoms with Crippen LogP contribution in [0.3, 0.4) is 0 Å². The van der Waals surface area contributed by atoms with Gasteiger partial charge in [0, 0.05) is 42.9 Å². The number of aromatic nitrogens is 3. The van der Waals surface area contributed by atoms with E-state index < -0.39 is 0 Å². The number of hydrogen-bond acceptors (Lipinski definition) is 5. The van der Waals surface area contributed by atoms with Gasteiger partial charge in [0.15, 0.2) is 5.82 Å². The summed E-state index contributed by atoms with van der Waals surface area (Å²) in [5.41, 5.74) is 1.73. The number of aryl methyl sites for hydroxylation is 1. The molecule has 0 saturated carbocycles. The number of methoxy groups -OCH3 is 1. The molecule has 0 bridgehead atoms. The maximum atomic E-state index is 5.48. The Morgan fingerprint density at radius 1 is 1.23 bits per heavy atom. The van der Waals surface area contributed by atoms with E-state index in [4.69, 9.17) is 4.74 Å². The summed E-state index contributed by atoms with van der Waals surface area (Å²) in [7, 11) is 1.74. The summed E-state index contributed by atoms with van der Waals surface area (Å²) in [6, 6.07) is 6.03. The molecule has 0 aromatic carbocycles. The number of rotatable bonds is 6. The Balaban J connectivity index is 2.17. The second-order valence-corrected chi connectivity index (χ2v) is 6.17. The van der Waals surface area contributed by atoms with Crippen molar-refractivity contribution < 1.29 is 4.74 Å². The van der Waals surface area contributed by atoms with Crippen LogP contribution in [-0.2, 0) is 4.74 Å². The number of nitrogens with one attached hydrogen (secondary N) is 1. The van der Waals surface area contributed by atoms with Crippen molar-refractivity contribution in [2.45, 2.75) is 45.8 Å². The van der Waals surface area contributed by atoms with E-state index in [1.165, 1.54) is 0 Å². The van der Waals surface area contributed by atoms with Crippen LogP contribution in [0.15, 0.2) is 30.6 Å². The molecule has 0 fully saturated rings. The highest BCUT2D eigenvalue weighted by atomic mass is 16.5. The molecule has 0 aliphatic heterocycles. The van der Waals surface area contributed by atoms with Crippen molar-refractivity contribution in [1.29, 1.82) is 0 Å². The van der Waals surface area contributed by atoms with E-state index in [2.05, 4.69) is 41.0 Å². The molecule has 0 aliphatic carbocycles. The van der Waals surface area contributed by atoms with Crippen molar-refractivity contribution in [1.82, 2.24) is 15.0 Å². The Morgan fingerprint density at radius 2 is 1.91 bits per heavy atom. The lowest BCUT2D eigenvalue weighted by Gasteiger charge is -2.27. The molecular formula is C17H24N4O. The summed E-state index contributed by atoms with van der Waals surface area (Å²) in [5.74, 6) is 1.54. The van der Waals surface area contributed by atoms with Gasteiger partial charge in [0.1, 0.15) is 5.82 Å². The highest BCUT2D eigenvalue weighted by Gasteiger charge is 2.20. The summed E-state index contributed by atoms with van der Waals surface area (Å²) < 4.78 is 5.48. The van der Waals surface area contributed by atoms with Crippen LogP contribution in [0, 0.1) is 6.92 Å². The molecule has 0 aliphatic rings. The van der Waals surface area contributed by atoms with Gasteiger partial charge in [-0.1, -0.05) is 0 Å². The summed E-state index contributed by atoms with van der Waals surface area (Å²) in [6.07, 6.45) is 4.38. The van der Waals surface area contributed by atoms with Gasteiger partial charge in [-0.15, -0.1) is 0 Å². The Kier molecular flexibility index (Phi) is 5.08. The van der Waals surface area contributed by atoms with Gasteiger partial charge in [0.25, 0.3) is 0 Å². The van der Waals surface area contributed by atoms with Crippen LogP contribution >= 0.6 is 0 Å². The van der Waals surface area contributed by atoms with Crippen molar-refractivity contribution in [3.63, 3.8) is 0 Å². The van der Waals surface area contributed by atoms with E-state index in [9.17, 15) is 0 Å². The normalized spacial score (nSPS) is 13.0. The number of hydrogen-bond donors (Lipinski definition) is 1. The fourth-order valence-corrected chi connectivity index (χ4v) is 2.40. The Hall–Kier alpha value is -2.01. The maximum absolute atomic E-state index is 5.48. The van der Waals surface area contributed by atoms with Gasteiger partial charge in [-0.3, -0.25) is 4.98 Å². The van der Waals surface area contributed by atoms with Gasteiger partial charge in [-0.05, 0) is 46.2 Å². The Morgan fingerprint density at radius 3 is 2.55 bits per heavy atom. The van der Waals surface area contributed by atoms with Gasteiger partial charge in [-0.2, -0.15) is 0 Å². The first-order chi connectivity index (χ1) is 10.4. The van der Waals surface area contributed by atoms with E-state index >= 15 is 0 Å². The molecule has 1 atom stereocenters. The fourth-order valence-electron chi connectivity index (χ4n) is 2.40. The topological polar surface area (TPSA) is 59.9 Å². The van der Waals surface area contributed by atoms with Crippen LogP contribution in [-0.4, -0.2) is 33.7 Å². The maximum Gasteiger partial charge on any atom is 0.161 e. The van der Waals surface area contributed by atoms with Gasteiger partial charge in [-0.25, -0.2) is 9.97 Å². The molecular weight excluding hydrogens is 276 g/mol. The molecule has 0 spiro atoms. The van der Waals surface area contributed by atoms with Gasteiger partial charge >= 0.3 is 0 Å². The van der Waals surface area contributed by atoms with Crippen molar-refractivity contribution in [3.05, 3.63) is 36.3 Å². The molecule has 2 heterocycles. The minimum Gasteiger partial charge on any atom is -0.379 e. The molecule has 0 amide bonds. The van der Waals surface area contributed by atoms with Crippen LogP contribution in [0.25, 0.3) is 11.4 Å². The van der Waals surface area contributed by atoms with Crippen LogP contribution in [0.2, 0.25) is 0 Å². The number of anilines is 1. The average Bonchev–Trinajstić information content (AvgIpc) is 2.47. The first kappa shape index (κ1) is 16.4. The van der Waals surface area contributed by atoms with Crippen molar-refractivity contribution in [2.75, 3.05) is 12.4 Å². The predicted molar refractivity (Wildman–Crippen MR) is 88.8 cm³/mol. The molecule has 1 unspecified atom stereocenters. The zero-order chi connectivity index (χ0) is 16.2. The van der Waals surface area contributed by atoms with Crippen molar-refractivity contribution in [3.8, 4) is 11.4 Å². The van der Waals surface area contributed by atoms with Gasteiger partial charge in [0.05, 0.1) is 5.60 Å². The zero-order valence-corrected chi connectivity index (χ0v) is 13.9. The van der Waals surface area contributed by atoms with Crippen molar-refractivity contribution in [2.24, 2.45) is 0 Å². The van der Waals surface area contributed by atoms with E-state index in [1.54, 1.807) is 19.5 Å². The second-order valence-electron chi connectivity index (χ2n) is 6.17. The van der Waals surface area contributed by atoms with E-state index in [-0.39, 0.29) is 11.6 Å². The molecule has 118 valence electrons. The molecule has 5 nitrogen and oxygen atoms in total. The molecule has 22 heavy (non-hydrogen) atoms. The van der Waals surface area contributed by atoms with E-state index in [0.717, 1.165) is 23.5 Å². The minimum absolute atomic E-state index is 0.164. The first-order valence-corrected chi connectivity index (χ1v) is 7.47. The Labute approximate surface area is 132 Å². The Bertz CT molecular complexity index is 613. The molecule has 5 heteroatoms. The van der Waals surface area contributed by atoms with Gasteiger partial charge < -0.3 is 10.1 Å². The summed E-state index contributed by atoms with van der Waals surface area (Å²) in [4.78, 5) is 13.1. The van der Waals surface area contributed by atoms with E-state index in [0.29, 0.717) is 5.82 Å². The lowest BCUT2D eigenvalue weighted by molar-refractivity contribution is 0.0128. The predicted octanol–water partition coefficient (Wildman–Crippen LogP) is 3.46. The zero-order valence-electron chi connectivity index (χ0n) is 13.9. The lowest BCUT2D eigenvalue weighted by Crippen LogP contribution is -2.31. The quantitative estimate of drug-likeness (QED) is 0.885. The van der Waals surface area contributed by atoms with Crippen molar-refractivity contribution >= 4 is 5.82 Å². The third-order valence-corrected chi connectivity index (χ3v) is 3.54.